The molecule has 0 bridgehead atoms. The second-order valence-corrected chi connectivity index (χ2v) is 5.39. The summed E-state index contributed by atoms with van der Waals surface area (Å²) in [5.74, 6) is -0.354. The van der Waals surface area contributed by atoms with E-state index in [-0.39, 0.29) is 18.7 Å². The first kappa shape index (κ1) is 17.5. The van der Waals surface area contributed by atoms with Crippen molar-refractivity contribution in [1.82, 2.24) is 4.98 Å². The summed E-state index contributed by atoms with van der Waals surface area (Å²) in [5.41, 5.74) is 1.86. The first-order chi connectivity index (χ1) is 11.6. The first-order valence-corrected chi connectivity index (χ1v) is 7.89. The van der Waals surface area contributed by atoms with Gasteiger partial charge in [0.05, 0.1) is 11.9 Å². The van der Waals surface area contributed by atoms with Gasteiger partial charge in [0, 0.05) is 19.4 Å². The molecule has 1 amide bonds. The standard InChI is InChI=1S/C18H21N3O3/c22-17(7-4-8-18(23)24)21-15-9-10-16(20-13-15)19-12-11-14-5-2-1-3-6-14/h1-3,5-6,9-10,13H,4,7-8,11-12H2,(H,19,20)(H,21,22)(H,23,24). The number of hydrogen-bond donors (Lipinski definition) is 3. The third kappa shape index (κ3) is 6.48. The van der Waals surface area contributed by atoms with E-state index in [9.17, 15) is 9.59 Å². The Bertz CT molecular complexity index is 657. The Hall–Kier alpha value is -2.89. The fraction of sp³-hybridized carbons (Fsp3) is 0.278. The molecule has 0 atom stereocenters. The molecule has 1 aromatic heterocycles. The zero-order chi connectivity index (χ0) is 17.2. The molecule has 2 aromatic rings. The van der Waals surface area contributed by atoms with Gasteiger partial charge in [-0.05, 0) is 30.5 Å². The molecule has 0 saturated heterocycles. The van der Waals surface area contributed by atoms with E-state index in [1.807, 2.05) is 18.2 Å². The molecule has 126 valence electrons. The van der Waals surface area contributed by atoms with Crippen LogP contribution < -0.4 is 10.6 Å². The predicted octanol–water partition coefficient (Wildman–Crippen LogP) is 2.93. The minimum atomic E-state index is -0.893. The van der Waals surface area contributed by atoms with Gasteiger partial charge in [-0.15, -0.1) is 0 Å². The summed E-state index contributed by atoms with van der Waals surface area (Å²) in [6, 6.07) is 13.8. The normalized spacial score (nSPS) is 10.2. The zero-order valence-electron chi connectivity index (χ0n) is 13.4. The molecular weight excluding hydrogens is 306 g/mol. The number of carboxylic acids is 1. The van der Waals surface area contributed by atoms with Crippen molar-refractivity contribution < 1.29 is 14.7 Å². The van der Waals surface area contributed by atoms with Crippen LogP contribution in [0.25, 0.3) is 0 Å². The molecule has 0 unspecified atom stereocenters. The van der Waals surface area contributed by atoms with Crippen LogP contribution in [0.4, 0.5) is 11.5 Å². The first-order valence-electron chi connectivity index (χ1n) is 7.89. The topological polar surface area (TPSA) is 91.3 Å². The van der Waals surface area contributed by atoms with Crippen LogP contribution in [-0.2, 0) is 16.0 Å². The van der Waals surface area contributed by atoms with Crippen LogP contribution in [0.3, 0.4) is 0 Å². The monoisotopic (exact) mass is 327 g/mol. The smallest absolute Gasteiger partial charge is 0.303 e. The van der Waals surface area contributed by atoms with Gasteiger partial charge in [0.2, 0.25) is 5.91 Å². The minimum absolute atomic E-state index is 0.00403. The molecule has 0 aliphatic rings. The van der Waals surface area contributed by atoms with Crippen LogP contribution in [0.5, 0.6) is 0 Å². The number of nitrogens with zero attached hydrogens (tertiary/aromatic N) is 1. The van der Waals surface area contributed by atoms with Gasteiger partial charge in [0.15, 0.2) is 0 Å². The molecule has 6 heteroatoms. The van der Waals surface area contributed by atoms with E-state index in [0.717, 1.165) is 18.8 Å². The van der Waals surface area contributed by atoms with Crippen LogP contribution in [0, 0.1) is 0 Å². The Morgan fingerprint density at radius 3 is 2.50 bits per heavy atom. The molecule has 1 aromatic carbocycles. The Labute approximate surface area is 140 Å². The molecule has 24 heavy (non-hydrogen) atoms. The highest BCUT2D eigenvalue weighted by molar-refractivity contribution is 5.90. The molecular formula is C18H21N3O3. The molecule has 0 saturated carbocycles. The number of aliphatic carboxylic acids is 1. The number of amides is 1. The third-order valence-electron chi connectivity index (χ3n) is 3.40. The van der Waals surface area contributed by atoms with Crippen LogP contribution in [-0.4, -0.2) is 28.5 Å². The molecule has 3 N–H and O–H groups in total. The van der Waals surface area contributed by atoms with Gasteiger partial charge in [0.25, 0.3) is 0 Å². The Kier molecular flexibility index (Phi) is 6.76. The average molecular weight is 327 g/mol. The van der Waals surface area contributed by atoms with Crippen molar-refractivity contribution in [2.45, 2.75) is 25.7 Å². The highest BCUT2D eigenvalue weighted by Crippen LogP contribution is 2.11. The molecule has 6 nitrogen and oxygen atoms in total. The average Bonchev–Trinajstić information content (AvgIpc) is 2.57. The molecule has 2 rings (SSSR count). The third-order valence-corrected chi connectivity index (χ3v) is 3.40. The van der Waals surface area contributed by atoms with Gasteiger partial charge >= 0.3 is 5.97 Å². The highest BCUT2D eigenvalue weighted by Gasteiger charge is 2.05. The van der Waals surface area contributed by atoms with Gasteiger partial charge in [-0.25, -0.2) is 4.98 Å². The van der Waals surface area contributed by atoms with Gasteiger partial charge in [-0.2, -0.15) is 0 Å². The summed E-state index contributed by atoms with van der Waals surface area (Å²) in [7, 11) is 0. The fourth-order valence-corrected chi connectivity index (χ4v) is 2.18. The minimum Gasteiger partial charge on any atom is -0.481 e. The molecule has 0 aliphatic carbocycles. The second kappa shape index (κ2) is 9.29. The summed E-state index contributed by atoms with van der Waals surface area (Å²) in [5, 5.41) is 14.5. The van der Waals surface area contributed by atoms with Crippen LogP contribution in [0.15, 0.2) is 48.7 Å². The lowest BCUT2D eigenvalue weighted by Crippen LogP contribution is -2.12. The molecule has 1 heterocycles. The highest BCUT2D eigenvalue weighted by atomic mass is 16.4. The van der Waals surface area contributed by atoms with Crippen LogP contribution in [0.2, 0.25) is 0 Å². The van der Waals surface area contributed by atoms with Gasteiger partial charge in [-0.3, -0.25) is 9.59 Å². The van der Waals surface area contributed by atoms with E-state index in [2.05, 4.69) is 27.8 Å². The van der Waals surface area contributed by atoms with Gasteiger partial charge in [-0.1, -0.05) is 30.3 Å². The molecule has 0 spiro atoms. The number of rotatable bonds is 9. The number of carbonyl (C=O) groups excluding carboxylic acids is 1. The largest absolute Gasteiger partial charge is 0.481 e. The van der Waals surface area contributed by atoms with E-state index >= 15 is 0 Å². The summed E-state index contributed by atoms with van der Waals surface area (Å²) in [6.07, 6.45) is 3.00. The SMILES string of the molecule is O=C(O)CCCC(=O)Nc1ccc(NCCc2ccccc2)nc1. The summed E-state index contributed by atoms with van der Waals surface area (Å²) >= 11 is 0. The van der Waals surface area contributed by atoms with Crippen molar-refractivity contribution in [2.75, 3.05) is 17.2 Å². The molecule has 0 aliphatic heterocycles. The number of hydrogen-bond acceptors (Lipinski definition) is 4. The van der Waals surface area contributed by atoms with Crippen LogP contribution >= 0.6 is 0 Å². The fourth-order valence-electron chi connectivity index (χ4n) is 2.18. The summed E-state index contributed by atoms with van der Waals surface area (Å²) in [6.45, 7) is 0.776. The quantitative estimate of drug-likeness (QED) is 0.659. The van der Waals surface area contributed by atoms with Crippen molar-refractivity contribution in [3.05, 3.63) is 54.2 Å². The molecule has 0 radical (unpaired) electrons. The lowest BCUT2D eigenvalue weighted by Gasteiger charge is -2.08. The van der Waals surface area contributed by atoms with Gasteiger partial charge in [0.1, 0.15) is 5.82 Å². The van der Waals surface area contributed by atoms with E-state index in [1.54, 1.807) is 18.3 Å². The summed E-state index contributed by atoms with van der Waals surface area (Å²) in [4.78, 5) is 26.3. The van der Waals surface area contributed by atoms with E-state index in [4.69, 9.17) is 5.11 Å². The number of carboxylic acid groups (broad SMARTS) is 1. The Morgan fingerprint density at radius 2 is 1.83 bits per heavy atom. The van der Waals surface area contributed by atoms with Crippen LogP contribution in [0.1, 0.15) is 24.8 Å². The maximum atomic E-state index is 11.7. The van der Waals surface area contributed by atoms with E-state index < -0.39 is 5.97 Å². The van der Waals surface area contributed by atoms with Crippen molar-refractivity contribution in [1.29, 1.82) is 0 Å². The van der Waals surface area contributed by atoms with Crippen molar-refractivity contribution in [3.8, 4) is 0 Å². The number of benzene rings is 1. The Balaban J connectivity index is 1.72. The predicted molar refractivity (Wildman–Crippen MR) is 93.0 cm³/mol. The van der Waals surface area contributed by atoms with E-state index in [0.29, 0.717) is 12.1 Å². The van der Waals surface area contributed by atoms with E-state index in [1.165, 1.54) is 5.56 Å². The van der Waals surface area contributed by atoms with Crippen molar-refractivity contribution in [3.63, 3.8) is 0 Å². The maximum Gasteiger partial charge on any atom is 0.303 e. The van der Waals surface area contributed by atoms with Crippen molar-refractivity contribution >= 4 is 23.4 Å². The molecule has 0 fully saturated rings. The number of aromatic nitrogens is 1. The second-order valence-electron chi connectivity index (χ2n) is 5.39. The lowest BCUT2D eigenvalue weighted by atomic mass is 10.1. The number of carbonyl (C=O) groups is 2. The number of anilines is 2. The summed E-state index contributed by atoms with van der Waals surface area (Å²) < 4.78 is 0. The number of nitrogens with one attached hydrogen (secondary N) is 2. The van der Waals surface area contributed by atoms with Gasteiger partial charge < -0.3 is 15.7 Å². The number of pyridine rings is 1. The lowest BCUT2D eigenvalue weighted by molar-refractivity contribution is -0.137. The van der Waals surface area contributed by atoms with Crippen molar-refractivity contribution in [2.24, 2.45) is 0 Å². The Morgan fingerprint density at radius 1 is 1.04 bits per heavy atom. The zero-order valence-corrected chi connectivity index (χ0v) is 13.4. The maximum absolute atomic E-state index is 11.7.